The minimum absolute atomic E-state index is 0.104. The van der Waals surface area contributed by atoms with Crippen LogP contribution in [0.3, 0.4) is 0 Å². The normalized spacial score (nSPS) is 11.3. The van der Waals surface area contributed by atoms with Crippen molar-refractivity contribution in [2.45, 2.75) is 20.1 Å². The second-order valence-corrected chi connectivity index (χ2v) is 8.12. The molecule has 36 heavy (non-hydrogen) atoms. The maximum Gasteiger partial charge on any atom is 0.353 e. The molecule has 1 aromatic carbocycles. The van der Waals surface area contributed by atoms with Gasteiger partial charge in [0.15, 0.2) is 17.3 Å². The van der Waals surface area contributed by atoms with Gasteiger partial charge in [0.25, 0.3) is 0 Å². The molecule has 0 fully saturated rings. The number of aliphatic hydroxyl groups is 1. The number of fused-ring (bicyclic) bond motifs is 1. The number of hydrogen-bond donors (Lipinski definition) is 3. The van der Waals surface area contributed by atoms with E-state index in [2.05, 4.69) is 20.1 Å². The quantitative estimate of drug-likeness (QED) is 0.340. The summed E-state index contributed by atoms with van der Waals surface area (Å²) < 4.78 is 29.5. The first-order chi connectivity index (χ1) is 17.2. The first kappa shape index (κ1) is 23.1. The number of aryl methyl sites for hydroxylation is 1. The number of anilines is 2. The molecule has 5 rings (SSSR count). The number of nitrogens with two attached hydrogens (primary N) is 2. The van der Waals surface area contributed by atoms with Crippen molar-refractivity contribution in [2.24, 2.45) is 0 Å². The highest BCUT2D eigenvalue weighted by molar-refractivity contribution is 5.90. The van der Waals surface area contributed by atoms with Gasteiger partial charge in [-0.05, 0) is 61.0 Å². The summed E-state index contributed by atoms with van der Waals surface area (Å²) in [5.41, 5.74) is 14.6. The summed E-state index contributed by atoms with van der Waals surface area (Å²) in [6, 6.07) is 11.6. The molecule has 4 heterocycles. The summed E-state index contributed by atoms with van der Waals surface area (Å²) in [7, 11) is 0. The highest BCUT2D eigenvalue weighted by Crippen LogP contribution is 2.35. The van der Waals surface area contributed by atoms with Crippen LogP contribution in [0.25, 0.3) is 28.0 Å². The van der Waals surface area contributed by atoms with Crippen molar-refractivity contribution in [3.8, 4) is 22.4 Å². The highest BCUT2D eigenvalue weighted by atomic mass is 19.1. The van der Waals surface area contributed by atoms with Crippen LogP contribution in [0.2, 0.25) is 0 Å². The molecule has 0 aliphatic rings. The number of halogens is 2. The third-order valence-electron chi connectivity index (χ3n) is 5.57. The van der Waals surface area contributed by atoms with E-state index in [1.165, 1.54) is 18.2 Å². The third-order valence-corrected chi connectivity index (χ3v) is 5.57. The number of nitrogen functional groups attached to an aromatic ring is 2. The van der Waals surface area contributed by atoms with Gasteiger partial charge in [0, 0.05) is 11.3 Å². The third kappa shape index (κ3) is 4.03. The van der Waals surface area contributed by atoms with Crippen LogP contribution in [-0.4, -0.2) is 34.2 Å². The van der Waals surface area contributed by atoms with Crippen molar-refractivity contribution >= 4 is 17.4 Å². The molecule has 0 atom stereocenters. The van der Waals surface area contributed by atoms with Crippen molar-refractivity contribution in [3.63, 3.8) is 0 Å². The summed E-state index contributed by atoms with van der Waals surface area (Å²) in [6.07, 6.45) is 0. The molecule has 4 aromatic heterocycles. The fourth-order valence-corrected chi connectivity index (χ4v) is 3.99. The second kappa shape index (κ2) is 8.82. The maximum absolute atomic E-state index is 13.6. The van der Waals surface area contributed by atoms with Gasteiger partial charge in [-0.1, -0.05) is 0 Å². The van der Waals surface area contributed by atoms with Crippen LogP contribution in [0.4, 0.5) is 20.5 Å². The topological polar surface area (TPSA) is 150 Å². The largest absolute Gasteiger partial charge is 0.390 e. The molecule has 5 N–H and O–H groups in total. The smallest absolute Gasteiger partial charge is 0.353 e. The molecule has 5 aromatic rings. The van der Waals surface area contributed by atoms with E-state index in [0.29, 0.717) is 39.5 Å². The second-order valence-electron chi connectivity index (χ2n) is 8.12. The first-order valence-electron chi connectivity index (χ1n) is 10.8. The van der Waals surface area contributed by atoms with Crippen LogP contribution in [0.1, 0.15) is 17.1 Å². The lowest BCUT2D eigenvalue weighted by molar-refractivity contribution is 0.276. The Kier molecular flexibility index (Phi) is 5.65. The van der Waals surface area contributed by atoms with Crippen molar-refractivity contribution in [3.05, 3.63) is 87.7 Å². The summed E-state index contributed by atoms with van der Waals surface area (Å²) in [5.74, 6) is -1.53. The fraction of sp³-hybridized carbons (Fsp3) is 0.125. The summed E-state index contributed by atoms with van der Waals surface area (Å²) >= 11 is 0. The van der Waals surface area contributed by atoms with Gasteiger partial charge >= 0.3 is 5.69 Å². The Morgan fingerprint density at radius 2 is 1.69 bits per heavy atom. The van der Waals surface area contributed by atoms with Crippen LogP contribution in [0.15, 0.2) is 53.3 Å². The van der Waals surface area contributed by atoms with E-state index in [0.717, 1.165) is 15.1 Å². The molecule has 0 saturated heterocycles. The first-order valence-corrected chi connectivity index (χ1v) is 10.8. The zero-order chi connectivity index (χ0) is 25.6. The Hall–Kier alpha value is -4.71. The molecule has 12 heteroatoms. The summed E-state index contributed by atoms with van der Waals surface area (Å²) in [4.78, 5) is 26.0. The predicted octanol–water partition coefficient (Wildman–Crippen LogP) is 2.31. The lowest BCUT2D eigenvalue weighted by atomic mass is 9.99. The van der Waals surface area contributed by atoms with E-state index in [1.54, 1.807) is 31.2 Å². The summed E-state index contributed by atoms with van der Waals surface area (Å²) in [5, 5.41) is 14.2. The zero-order valence-electron chi connectivity index (χ0n) is 19.0. The Balaban J connectivity index is 1.80. The van der Waals surface area contributed by atoms with E-state index in [4.69, 9.17) is 11.5 Å². The van der Waals surface area contributed by atoms with Crippen molar-refractivity contribution < 1.29 is 13.9 Å². The molecule has 0 radical (unpaired) electrons. The minimum Gasteiger partial charge on any atom is -0.390 e. The lowest BCUT2D eigenvalue weighted by Gasteiger charge is -2.13. The van der Waals surface area contributed by atoms with Gasteiger partial charge in [0.1, 0.15) is 5.82 Å². The van der Waals surface area contributed by atoms with Gasteiger partial charge in [-0.2, -0.15) is 0 Å². The number of aliphatic hydroxyl groups excluding tert-OH is 1. The molecule has 0 bridgehead atoms. The average molecular weight is 490 g/mol. The fourth-order valence-electron chi connectivity index (χ4n) is 3.99. The standard InChI is InChI=1S/C24H20F2N8O2/c1-12-8-14(9-17(11-35)29-12)19-20(13-2-4-15(25)5-3-13)31-23(28)34-22(19)32-33(24(34)36)10-16-6-7-18(26)21(27)30-16/h2-9,35H,10-11H2,1H3,(H2,27,30)(H2,28,31). The van der Waals surface area contributed by atoms with Gasteiger partial charge in [-0.15, -0.1) is 5.10 Å². The molecule has 0 spiro atoms. The van der Waals surface area contributed by atoms with E-state index in [-0.39, 0.29) is 30.6 Å². The van der Waals surface area contributed by atoms with Crippen molar-refractivity contribution in [1.82, 2.24) is 29.1 Å². The van der Waals surface area contributed by atoms with Gasteiger partial charge in [-0.3, -0.25) is 4.98 Å². The highest BCUT2D eigenvalue weighted by Gasteiger charge is 2.22. The van der Waals surface area contributed by atoms with E-state index in [9.17, 15) is 18.7 Å². The van der Waals surface area contributed by atoms with E-state index in [1.807, 2.05) is 0 Å². The van der Waals surface area contributed by atoms with Crippen LogP contribution < -0.4 is 17.2 Å². The Labute approximate surface area is 202 Å². The molecule has 0 amide bonds. The number of aromatic nitrogens is 6. The molecule has 182 valence electrons. The molecular formula is C24H20F2N8O2. The summed E-state index contributed by atoms with van der Waals surface area (Å²) in [6.45, 7) is 1.35. The Bertz CT molecular complexity index is 1680. The number of pyridine rings is 2. The number of hydrogen-bond acceptors (Lipinski definition) is 8. The van der Waals surface area contributed by atoms with Crippen LogP contribution in [0.5, 0.6) is 0 Å². The van der Waals surface area contributed by atoms with Gasteiger partial charge in [0.2, 0.25) is 5.95 Å². The minimum atomic E-state index is -0.673. The predicted molar refractivity (Wildman–Crippen MR) is 129 cm³/mol. The van der Waals surface area contributed by atoms with E-state index >= 15 is 0 Å². The Morgan fingerprint density at radius 3 is 2.39 bits per heavy atom. The van der Waals surface area contributed by atoms with Crippen LogP contribution in [0, 0.1) is 18.6 Å². The molecule has 0 aliphatic carbocycles. The zero-order valence-corrected chi connectivity index (χ0v) is 19.0. The van der Waals surface area contributed by atoms with Crippen molar-refractivity contribution in [2.75, 3.05) is 11.5 Å². The van der Waals surface area contributed by atoms with Crippen LogP contribution >= 0.6 is 0 Å². The monoisotopic (exact) mass is 490 g/mol. The number of rotatable bonds is 5. The van der Waals surface area contributed by atoms with Gasteiger partial charge in [-0.25, -0.2) is 32.6 Å². The van der Waals surface area contributed by atoms with Crippen molar-refractivity contribution in [1.29, 1.82) is 0 Å². The van der Waals surface area contributed by atoms with E-state index < -0.39 is 17.3 Å². The number of benzene rings is 1. The van der Waals surface area contributed by atoms with Gasteiger partial charge < -0.3 is 16.6 Å². The molecule has 0 unspecified atom stereocenters. The molecule has 10 nitrogen and oxygen atoms in total. The average Bonchev–Trinajstić information content (AvgIpc) is 3.17. The van der Waals surface area contributed by atoms with Crippen LogP contribution in [-0.2, 0) is 13.2 Å². The lowest BCUT2D eigenvalue weighted by Crippen LogP contribution is -2.24. The van der Waals surface area contributed by atoms with Gasteiger partial charge in [0.05, 0.1) is 35.8 Å². The molecular weight excluding hydrogens is 470 g/mol. The molecule has 0 aliphatic heterocycles. The maximum atomic E-state index is 13.6. The SMILES string of the molecule is Cc1cc(-c2c(-c3ccc(F)cc3)nc(N)n3c(=O)n(Cc4ccc(F)c(N)n4)nc23)cc(CO)n1. The Morgan fingerprint density at radius 1 is 0.944 bits per heavy atom. The molecule has 0 saturated carbocycles. The number of nitrogens with zero attached hydrogens (tertiary/aromatic N) is 6.